The van der Waals surface area contributed by atoms with Crippen LogP contribution in [0.3, 0.4) is 0 Å². The molecule has 1 aliphatic carbocycles. The van der Waals surface area contributed by atoms with E-state index in [1.165, 1.54) is 0 Å². The van der Waals surface area contributed by atoms with Gasteiger partial charge >= 0.3 is 0 Å². The van der Waals surface area contributed by atoms with Crippen LogP contribution < -0.4 is 5.32 Å². The topological polar surface area (TPSA) is 42.2 Å². The molecule has 0 unspecified atom stereocenters. The second-order valence-corrected chi connectivity index (χ2v) is 3.62. The fraction of sp³-hybridized carbons (Fsp3) is 0.500. The Hall–Kier alpha value is -1.25. The van der Waals surface area contributed by atoms with Gasteiger partial charge in [0.1, 0.15) is 0 Å². The first-order chi connectivity index (χ1) is 6.18. The van der Waals surface area contributed by atoms with Gasteiger partial charge in [-0.15, -0.1) is 0 Å². The summed E-state index contributed by atoms with van der Waals surface area (Å²) in [5, 5.41) is 2.89. The molecule has 0 radical (unpaired) electrons. The molecule has 0 bridgehead atoms. The number of furan rings is 1. The molecule has 1 aliphatic rings. The summed E-state index contributed by atoms with van der Waals surface area (Å²) in [6.07, 6.45) is 3.83. The van der Waals surface area contributed by atoms with Crippen molar-refractivity contribution in [3.8, 4) is 0 Å². The van der Waals surface area contributed by atoms with Crippen LogP contribution in [0.4, 0.5) is 0 Å². The Balaban J connectivity index is 2.14. The highest BCUT2D eigenvalue weighted by Crippen LogP contribution is 2.21. The molecule has 13 heavy (non-hydrogen) atoms. The standard InChI is InChI=1S/C10H13NO2/c1-6-5-13-9(7(6)2)10(12)11-8-3-4-8/h5,8H,3-4H2,1-2H3,(H,11,12). The molecule has 0 saturated heterocycles. The zero-order valence-corrected chi connectivity index (χ0v) is 7.89. The second-order valence-electron chi connectivity index (χ2n) is 3.62. The van der Waals surface area contributed by atoms with Gasteiger partial charge in [0.2, 0.25) is 0 Å². The summed E-state index contributed by atoms with van der Waals surface area (Å²) in [5.74, 6) is 0.387. The van der Waals surface area contributed by atoms with Crippen LogP contribution >= 0.6 is 0 Å². The summed E-state index contributed by atoms with van der Waals surface area (Å²) in [4.78, 5) is 11.5. The number of carbonyl (C=O) groups excluding carboxylic acids is 1. The largest absolute Gasteiger partial charge is 0.459 e. The van der Waals surface area contributed by atoms with Crippen molar-refractivity contribution in [2.24, 2.45) is 0 Å². The molecule has 1 amide bonds. The van der Waals surface area contributed by atoms with Gasteiger partial charge in [-0.2, -0.15) is 0 Å². The number of hydrogen-bond donors (Lipinski definition) is 1. The van der Waals surface area contributed by atoms with Gasteiger partial charge in [0.05, 0.1) is 6.26 Å². The van der Waals surface area contributed by atoms with Gasteiger partial charge in [-0.1, -0.05) is 0 Å². The molecule has 0 aromatic carbocycles. The van der Waals surface area contributed by atoms with Gasteiger partial charge in [-0.3, -0.25) is 4.79 Å². The number of carbonyl (C=O) groups is 1. The van der Waals surface area contributed by atoms with Crippen LogP contribution in [0, 0.1) is 13.8 Å². The summed E-state index contributed by atoms with van der Waals surface area (Å²) >= 11 is 0. The molecular formula is C10H13NO2. The van der Waals surface area contributed by atoms with Gasteiger partial charge in [-0.05, 0) is 32.3 Å². The molecule has 3 nitrogen and oxygen atoms in total. The minimum absolute atomic E-state index is 0.0758. The Labute approximate surface area is 77.1 Å². The van der Waals surface area contributed by atoms with Crippen LogP contribution in [0.15, 0.2) is 10.7 Å². The number of hydrogen-bond acceptors (Lipinski definition) is 2. The Morgan fingerprint density at radius 3 is 2.69 bits per heavy atom. The molecule has 1 aromatic heterocycles. The fourth-order valence-corrected chi connectivity index (χ4v) is 1.21. The molecular weight excluding hydrogens is 166 g/mol. The maximum absolute atomic E-state index is 11.5. The average Bonchev–Trinajstić information content (AvgIpc) is 2.82. The van der Waals surface area contributed by atoms with E-state index in [2.05, 4.69) is 5.32 Å². The van der Waals surface area contributed by atoms with E-state index in [1.807, 2.05) is 13.8 Å². The number of amides is 1. The van der Waals surface area contributed by atoms with E-state index in [0.717, 1.165) is 24.0 Å². The van der Waals surface area contributed by atoms with E-state index in [1.54, 1.807) is 6.26 Å². The van der Waals surface area contributed by atoms with Crippen molar-refractivity contribution in [2.45, 2.75) is 32.7 Å². The van der Waals surface area contributed by atoms with E-state index in [9.17, 15) is 4.79 Å². The number of rotatable bonds is 2. The molecule has 3 heteroatoms. The van der Waals surface area contributed by atoms with Crippen molar-refractivity contribution in [2.75, 3.05) is 0 Å². The summed E-state index contributed by atoms with van der Waals surface area (Å²) in [5.41, 5.74) is 1.97. The van der Waals surface area contributed by atoms with Crippen molar-refractivity contribution in [1.29, 1.82) is 0 Å². The Kier molecular flexibility index (Phi) is 1.87. The van der Waals surface area contributed by atoms with Crippen LogP contribution in [0.5, 0.6) is 0 Å². The Morgan fingerprint density at radius 1 is 1.54 bits per heavy atom. The first kappa shape index (κ1) is 8.35. The SMILES string of the molecule is Cc1coc(C(=O)NC2CC2)c1C. The minimum Gasteiger partial charge on any atom is -0.459 e. The molecule has 0 aliphatic heterocycles. The third-order valence-corrected chi connectivity index (χ3v) is 2.40. The van der Waals surface area contributed by atoms with Crippen molar-refractivity contribution >= 4 is 5.91 Å². The van der Waals surface area contributed by atoms with Crippen molar-refractivity contribution in [3.05, 3.63) is 23.2 Å². The smallest absolute Gasteiger partial charge is 0.287 e. The van der Waals surface area contributed by atoms with E-state index < -0.39 is 0 Å². The lowest BCUT2D eigenvalue weighted by Crippen LogP contribution is -2.25. The predicted octanol–water partition coefficient (Wildman–Crippen LogP) is 1.79. The monoisotopic (exact) mass is 179 g/mol. The summed E-state index contributed by atoms with van der Waals surface area (Å²) in [6, 6.07) is 0.386. The van der Waals surface area contributed by atoms with Crippen LogP contribution in [0.1, 0.15) is 34.5 Å². The highest BCUT2D eigenvalue weighted by molar-refractivity contribution is 5.93. The van der Waals surface area contributed by atoms with Gasteiger partial charge < -0.3 is 9.73 Å². The van der Waals surface area contributed by atoms with E-state index in [0.29, 0.717) is 11.8 Å². The maximum Gasteiger partial charge on any atom is 0.287 e. The molecule has 0 atom stereocenters. The lowest BCUT2D eigenvalue weighted by atomic mass is 10.2. The van der Waals surface area contributed by atoms with Gasteiger partial charge in [0, 0.05) is 11.6 Å². The molecule has 1 saturated carbocycles. The molecule has 1 aromatic rings. The summed E-state index contributed by atoms with van der Waals surface area (Å²) in [6.45, 7) is 3.84. The van der Waals surface area contributed by atoms with E-state index >= 15 is 0 Å². The highest BCUT2D eigenvalue weighted by Gasteiger charge is 2.26. The minimum atomic E-state index is -0.0758. The Bertz CT molecular complexity index is 337. The quantitative estimate of drug-likeness (QED) is 0.752. The molecule has 1 fully saturated rings. The first-order valence-electron chi connectivity index (χ1n) is 4.54. The number of nitrogens with one attached hydrogen (secondary N) is 1. The molecule has 70 valence electrons. The molecule has 0 spiro atoms. The predicted molar refractivity (Wildman–Crippen MR) is 48.7 cm³/mol. The third kappa shape index (κ3) is 1.59. The normalized spacial score (nSPS) is 15.8. The van der Waals surface area contributed by atoms with Crippen LogP contribution in [0.2, 0.25) is 0 Å². The number of aryl methyl sites for hydroxylation is 1. The molecule has 1 N–H and O–H groups in total. The average molecular weight is 179 g/mol. The first-order valence-corrected chi connectivity index (χ1v) is 4.54. The van der Waals surface area contributed by atoms with Crippen LogP contribution in [-0.2, 0) is 0 Å². The molecule has 1 heterocycles. The van der Waals surface area contributed by atoms with Crippen LogP contribution in [-0.4, -0.2) is 11.9 Å². The molecule has 2 rings (SSSR count). The summed E-state index contributed by atoms with van der Waals surface area (Å²) < 4.78 is 5.17. The lowest BCUT2D eigenvalue weighted by molar-refractivity contribution is 0.0922. The second kappa shape index (κ2) is 2.91. The van der Waals surface area contributed by atoms with Gasteiger partial charge in [-0.25, -0.2) is 0 Å². The highest BCUT2D eigenvalue weighted by atomic mass is 16.3. The van der Waals surface area contributed by atoms with Gasteiger partial charge in [0.15, 0.2) is 5.76 Å². The fourth-order valence-electron chi connectivity index (χ4n) is 1.21. The van der Waals surface area contributed by atoms with E-state index in [-0.39, 0.29) is 5.91 Å². The van der Waals surface area contributed by atoms with E-state index in [4.69, 9.17) is 4.42 Å². The van der Waals surface area contributed by atoms with Crippen LogP contribution in [0.25, 0.3) is 0 Å². The lowest BCUT2D eigenvalue weighted by Gasteiger charge is -2.00. The maximum atomic E-state index is 11.5. The zero-order valence-electron chi connectivity index (χ0n) is 7.89. The van der Waals surface area contributed by atoms with Crippen molar-refractivity contribution in [1.82, 2.24) is 5.32 Å². The van der Waals surface area contributed by atoms with Crippen molar-refractivity contribution in [3.63, 3.8) is 0 Å². The van der Waals surface area contributed by atoms with Crippen molar-refractivity contribution < 1.29 is 9.21 Å². The summed E-state index contributed by atoms with van der Waals surface area (Å²) in [7, 11) is 0. The zero-order chi connectivity index (χ0) is 9.42. The Morgan fingerprint density at radius 2 is 2.23 bits per heavy atom. The van der Waals surface area contributed by atoms with Gasteiger partial charge in [0.25, 0.3) is 5.91 Å². The third-order valence-electron chi connectivity index (χ3n) is 2.40.